The van der Waals surface area contributed by atoms with Gasteiger partial charge in [-0.1, -0.05) is 19.9 Å². The Morgan fingerprint density at radius 1 is 1.24 bits per heavy atom. The quantitative estimate of drug-likeness (QED) is 0.276. The van der Waals surface area contributed by atoms with Crippen molar-refractivity contribution in [1.29, 1.82) is 0 Å². The highest BCUT2D eigenvalue weighted by Gasteiger charge is 2.23. The number of H-pyrrole nitrogens is 1. The van der Waals surface area contributed by atoms with E-state index in [0.29, 0.717) is 35.1 Å². The molecule has 0 fully saturated rings. The largest absolute Gasteiger partial charge is 0.465 e. The zero-order valence-electron chi connectivity index (χ0n) is 24.9. The molecule has 3 aromatic rings. The Balaban J connectivity index is 1.83. The molecule has 0 aliphatic heterocycles. The van der Waals surface area contributed by atoms with Gasteiger partial charge in [-0.25, -0.2) is 9.18 Å². The number of aromatic amines is 1. The van der Waals surface area contributed by atoms with Crippen molar-refractivity contribution in [3.05, 3.63) is 69.7 Å². The fraction of sp³-hybridized carbons (Fsp3) is 0.433. The van der Waals surface area contributed by atoms with E-state index >= 15 is 0 Å². The Hall–Kier alpha value is -4.48. The number of hydrogen-bond acceptors (Lipinski definition) is 5. The number of rotatable bonds is 12. The molecule has 42 heavy (non-hydrogen) atoms. The van der Waals surface area contributed by atoms with Gasteiger partial charge < -0.3 is 29.8 Å². The van der Waals surface area contributed by atoms with Gasteiger partial charge in [0.2, 0.25) is 11.8 Å². The lowest BCUT2D eigenvalue weighted by Crippen LogP contribution is -2.37. The van der Waals surface area contributed by atoms with Crippen LogP contribution in [0.1, 0.15) is 43.5 Å². The summed E-state index contributed by atoms with van der Waals surface area (Å²) in [6, 6.07) is 3.12. The predicted octanol–water partition coefficient (Wildman–Crippen LogP) is 4.01. The van der Waals surface area contributed by atoms with Gasteiger partial charge in [-0.3, -0.25) is 19.4 Å². The number of halogens is 1. The fourth-order valence-electron chi connectivity index (χ4n) is 4.60. The van der Waals surface area contributed by atoms with E-state index < -0.39 is 23.5 Å². The SMILES string of the molecule is Cc1c(Cn2cccc(NC(=O)[C@@H](CC/C=C/C(=O)N(C)C)CN(C)C(=O)O)c2=O)[nH]c2c(CC(C)C)c(F)cnc12. The Kier molecular flexibility index (Phi) is 10.6. The second kappa shape index (κ2) is 13.9. The monoisotopic (exact) mass is 582 g/mol. The molecule has 0 saturated carbocycles. The van der Waals surface area contributed by atoms with Crippen molar-refractivity contribution in [2.45, 2.75) is 46.6 Å². The van der Waals surface area contributed by atoms with Gasteiger partial charge in [0.05, 0.1) is 29.7 Å². The molecule has 0 unspecified atom stereocenters. The summed E-state index contributed by atoms with van der Waals surface area (Å²) in [7, 11) is 4.61. The lowest BCUT2D eigenvalue weighted by atomic mass is 10.0. The van der Waals surface area contributed by atoms with Gasteiger partial charge >= 0.3 is 6.09 Å². The number of amides is 3. The van der Waals surface area contributed by atoms with E-state index in [0.717, 1.165) is 10.5 Å². The maximum Gasteiger partial charge on any atom is 0.407 e. The zero-order valence-corrected chi connectivity index (χ0v) is 24.9. The molecule has 226 valence electrons. The third kappa shape index (κ3) is 7.83. The van der Waals surface area contributed by atoms with Crippen molar-refractivity contribution in [1.82, 2.24) is 24.3 Å². The summed E-state index contributed by atoms with van der Waals surface area (Å²) in [6.07, 6.45) is 5.81. The first-order valence-corrected chi connectivity index (χ1v) is 13.8. The smallest absolute Gasteiger partial charge is 0.407 e. The van der Waals surface area contributed by atoms with Crippen LogP contribution in [0.4, 0.5) is 14.9 Å². The predicted molar refractivity (Wildman–Crippen MR) is 159 cm³/mol. The van der Waals surface area contributed by atoms with Gasteiger partial charge in [0, 0.05) is 45.1 Å². The van der Waals surface area contributed by atoms with Crippen molar-refractivity contribution in [2.24, 2.45) is 11.8 Å². The van der Waals surface area contributed by atoms with Gasteiger partial charge in [-0.2, -0.15) is 0 Å². The number of likely N-dealkylation sites (N-methyl/N-ethyl adjacent to an activating group) is 1. The number of allylic oxidation sites excluding steroid dienone is 1. The Bertz CT molecular complexity index is 1540. The first kappa shape index (κ1) is 32.0. The van der Waals surface area contributed by atoms with Gasteiger partial charge in [0.15, 0.2) is 0 Å². The van der Waals surface area contributed by atoms with Crippen LogP contribution in [0.5, 0.6) is 0 Å². The minimum atomic E-state index is -1.19. The number of hydrogen-bond donors (Lipinski definition) is 3. The summed E-state index contributed by atoms with van der Waals surface area (Å²) in [4.78, 5) is 59.7. The average molecular weight is 583 g/mol. The van der Waals surface area contributed by atoms with E-state index in [1.807, 2.05) is 20.8 Å². The molecule has 0 aliphatic rings. The molecule has 3 amide bonds. The zero-order chi connectivity index (χ0) is 31.1. The van der Waals surface area contributed by atoms with E-state index in [9.17, 15) is 28.7 Å². The number of aromatic nitrogens is 3. The molecule has 3 rings (SSSR count). The molecule has 0 bridgehead atoms. The molecule has 0 aromatic carbocycles. The normalized spacial score (nSPS) is 12.2. The number of carboxylic acid groups (broad SMARTS) is 1. The number of carbonyl (C=O) groups is 3. The first-order valence-electron chi connectivity index (χ1n) is 13.8. The summed E-state index contributed by atoms with van der Waals surface area (Å²) in [5.41, 5.74) is 2.89. The van der Waals surface area contributed by atoms with Crippen LogP contribution in [-0.4, -0.2) is 75.0 Å². The van der Waals surface area contributed by atoms with Crippen LogP contribution >= 0.6 is 0 Å². The van der Waals surface area contributed by atoms with Crippen molar-refractivity contribution in [3.63, 3.8) is 0 Å². The van der Waals surface area contributed by atoms with Crippen molar-refractivity contribution in [2.75, 3.05) is 33.0 Å². The highest BCUT2D eigenvalue weighted by atomic mass is 19.1. The Morgan fingerprint density at radius 3 is 2.60 bits per heavy atom. The van der Waals surface area contributed by atoms with Crippen LogP contribution in [0.2, 0.25) is 0 Å². The van der Waals surface area contributed by atoms with E-state index in [-0.39, 0.29) is 42.8 Å². The first-order chi connectivity index (χ1) is 19.8. The van der Waals surface area contributed by atoms with E-state index in [1.54, 1.807) is 32.4 Å². The van der Waals surface area contributed by atoms with Gasteiger partial charge in [0.25, 0.3) is 5.56 Å². The maximum absolute atomic E-state index is 14.6. The van der Waals surface area contributed by atoms with E-state index in [1.165, 1.54) is 34.9 Å². The molecule has 3 heterocycles. The maximum atomic E-state index is 14.6. The second-order valence-corrected chi connectivity index (χ2v) is 11.1. The Labute approximate surface area is 244 Å². The molecule has 3 N–H and O–H groups in total. The third-order valence-electron chi connectivity index (χ3n) is 7.01. The van der Waals surface area contributed by atoms with E-state index in [2.05, 4.69) is 15.3 Å². The summed E-state index contributed by atoms with van der Waals surface area (Å²) >= 11 is 0. The van der Waals surface area contributed by atoms with Gasteiger partial charge in [0.1, 0.15) is 11.5 Å². The molecule has 0 aliphatic carbocycles. The average Bonchev–Trinajstić information content (AvgIpc) is 3.24. The molecule has 0 saturated heterocycles. The number of nitrogens with one attached hydrogen (secondary N) is 2. The molecule has 1 atom stereocenters. The van der Waals surface area contributed by atoms with Crippen LogP contribution < -0.4 is 10.9 Å². The third-order valence-corrected chi connectivity index (χ3v) is 7.01. The molecular weight excluding hydrogens is 543 g/mol. The molecule has 0 spiro atoms. The second-order valence-electron chi connectivity index (χ2n) is 11.1. The number of fused-ring (bicyclic) bond motifs is 1. The summed E-state index contributed by atoms with van der Waals surface area (Å²) in [5, 5.41) is 12.0. The highest BCUT2D eigenvalue weighted by Crippen LogP contribution is 2.27. The highest BCUT2D eigenvalue weighted by molar-refractivity contribution is 5.93. The fourth-order valence-corrected chi connectivity index (χ4v) is 4.60. The van der Waals surface area contributed by atoms with E-state index in [4.69, 9.17) is 0 Å². The molecule has 0 radical (unpaired) electrons. The van der Waals surface area contributed by atoms with Crippen LogP contribution in [0, 0.1) is 24.6 Å². The lowest BCUT2D eigenvalue weighted by molar-refractivity contribution is -0.123. The van der Waals surface area contributed by atoms with Crippen LogP contribution in [0.25, 0.3) is 11.0 Å². The lowest BCUT2D eigenvalue weighted by Gasteiger charge is -2.21. The van der Waals surface area contributed by atoms with Crippen molar-refractivity contribution < 1.29 is 23.9 Å². The molecule has 11 nitrogen and oxygen atoms in total. The van der Waals surface area contributed by atoms with Gasteiger partial charge in [-0.15, -0.1) is 0 Å². The summed E-state index contributed by atoms with van der Waals surface area (Å²) in [6.45, 7) is 5.93. The van der Waals surface area contributed by atoms with Gasteiger partial charge in [-0.05, 0) is 55.9 Å². The minimum absolute atomic E-state index is 0.0437. The number of anilines is 1. The Morgan fingerprint density at radius 2 is 1.95 bits per heavy atom. The minimum Gasteiger partial charge on any atom is -0.465 e. The van der Waals surface area contributed by atoms with Crippen LogP contribution in [-0.2, 0) is 22.6 Å². The number of carbonyl (C=O) groups excluding carboxylic acids is 2. The summed E-state index contributed by atoms with van der Waals surface area (Å²) in [5.74, 6) is -1.63. The van der Waals surface area contributed by atoms with Crippen LogP contribution in [0.3, 0.4) is 0 Å². The number of aryl methyl sites for hydroxylation is 1. The number of pyridine rings is 2. The molecule has 12 heteroatoms. The van der Waals surface area contributed by atoms with Crippen LogP contribution in [0.15, 0.2) is 41.5 Å². The van der Waals surface area contributed by atoms with Crippen molar-refractivity contribution in [3.8, 4) is 0 Å². The topological polar surface area (TPSA) is 141 Å². The molecular formula is C30H39FN6O5. The summed E-state index contributed by atoms with van der Waals surface area (Å²) < 4.78 is 16.0. The van der Waals surface area contributed by atoms with Crippen molar-refractivity contribution >= 4 is 34.6 Å². The molecule has 3 aromatic heterocycles. The number of nitrogens with zero attached hydrogens (tertiary/aromatic N) is 4. The standard InChI is InChI=1S/C30H39FN6O5/c1-18(2)14-21-22(31)15-32-26-19(3)24(33-27(21)26)17-37-13-9-11-23(29(37)40)34-28(39)20(16-36(6)30(41)42)10-7-8-12-25(38)35(4)5/h8-9,11-13,15,18,20,33H,7,10,14,16-17H2,1-6H3,(H,34,39)(H,41,42)/b12-8+/t20-/m0/s1.